The van der Waals surface area contributed by atoms with Gasteiger partial charge in [-0.05, 0) is 32.0 Å². The zero-order valence-corrected chi connectivity index (χ0v) is 16.7. The molecule has 8 heteroatoms. The number of aryl methyl sites for hydroxylation is 3. The molecule has 0 unspecified atom stereocenters. The molecule has 28 heavy (non-hydrogen) atoms. The van der Waals surface area contributed by atoms with Gasteiger partial charge in [0.25, 0.3) is 0 Å². The molecule has 1 saturated heterocycles. The molecule has 0 spiro atoms. The van der Waals surface area contributed by atoms with Crippen molar-refractivity contribution in [2.75, 3.05) is 16.8 Å². The van der Waals surface area contributed by atoms with Gasteiger partial charge in [-0.2, -0.15) is 4.98 Å². The summed E-state index contributed by atoms with van der Waals surface area (Å²) < 4.78 is 5.02. The van der Waals surface area contributed by atoms with Crippen molar-refractivity contribution in [2.45, 2.75) is 27.2 Å². The van der Waals surface area contributed by atoms with Gasteiger partial charge in [-0.1, -0.05) is 22.9 Å². The molecule has 7 nitrogen and oxygen atoms in total. The summed E-state index contributed by atoms with van der Waals surface area (Å²) in [4.78, 5) is 32.8. The summed E-state index contributed by atoms with van der Waals surface area (Å²) in [5.74, 6) is 0.428. The van der Waals surface area contributed by atoms with E-state index in [9.17, 15) is 9.59 Å². The lowest BCUT2D eigenvalue weighted by atomic mass is 10.1. The number of carbonyl (C=O) groups is 2. The standard InChI is InChI=1S/C20H20N4O3S/c1-11-4-6-15(7-5-11)24-10-14(8-18(24)25)20(26)22-16-9-17(28-12(16)2)19-21-13(3)27-23-19/h4-7,9,14H,8,10H2,1-3H3,(H,22,26)/t14-/m1/s1. The van der Waals surface area contributed by atoms with Crippen LogP contribution in [0, 0.1) is 26.7 Å². The van der Waals surface area contributed by atoms with Crippen LogP contribution in [-0.2, 0) is 9.59 Å². The van der Waals surface area contributed by atoms with Gasteiger partial charge >= 0.3 is 0 Å². The summed E-state index contributed by atoms with van der Waals surface area (Å²) in [7, 11) is 0. The number of rotatable bonds is 4. The monoisotopic (exact) mass is 396 g/mol. The van der Waals surface area contributed by atoms with Gasteiger partial charge in [0, 0.05) is 30.5 Å². The van der Waals surface area contributed by atoms with Gasteiger partial charge in [0.05, 0.1) is 16.5 Å². The number of benzene rings is 1. The minimum Gasteiger partial charge on any atom is -0.339 e. The maximum atomic E-state index is 12.8. The van der Waals surface area contributed by atoms with Gasteiger partial charge in [-0.3, -0.25) is 9.59 Å². The van der Waals surface area contributed by atoms with E-state index in [0.29, 0.717) is 23.9 Å². The number of amides is 2. The molecule has 0 aliphatic carbocycles. The average molecular weight is 396 g/mol. The first-order chi connectivity index (χ1) is 13.4. The molecule has 4 rings (SSSR count). The first-order valence-corrected chi connectivity index (χ1v) is 9.81. The van der Waals surface area contributed by atoms with Crippen LogP contribution in [0.1, 0.15) is 22.8 Å². The Bertz CT molecular complexity index is 1040. The quantitative estimate of drug-likeness (QED) is 0.726. The third-order valence-corrected chi connectivity index (χ3v) is 5.81. The Hall–Kier alpha value is -3.00. The second-order valence-corrected chi connectivity index (χ2v) is 8.20. The molecule has 0 radical (unpaired) electrons. The van der Waals surface area contributed by atoms with E-state index < -0.39 is 0 Å². The van der Waals surface area contributed by atoms with Crippen LogP contribution < -0.4 is 10.2 Å². The minimum atomic E-state index is -0.385. The number of thiophene rings is 1. The normalized spacial score (nSPS) is 16.6. The lowest BCUT2D eigenvalue weighted by molar-refractivity contribution is -0.122. The van der Waals surface area contributed by atoms with E-state index in [2.05, 4.69) is 15.5 Å². The zero-order chi connectivity index (χ0) is 19.8. The average Bonchev–Trinajstić information content (AvgIpc) is 3.35. The fourth-order valence-corrected chi connectivity index (χ4v) is 4.11. The summed E-state index contributed by atoms with van der Waals surface area (Å²) in [5.41, 5.74) is 2.67. The Kier molecular flexibility index (Phi) is 4.72. The van der Waals surface area contributed by atoms with Crippen LogP contribution in [0.4, 0.5) is 11.4 Å². The van der Waals surface area contributed by atoms with Crippen LogP contribution in [0.15, 0.2) is 34.9 Å². The molecule has 2 amide bonds. The lowest BCUT2D eigenvalue weighted by Crippen LogP contribution is -2.28. The fourth-order valence-electron chi connectivity index (χ4n) is 3.21. The van der Waals surface area contributed by atoms with E-state index in [1.807, 2.05) is 44.2 Å². The van der Waals surface area contributed by atoms with Crippen molar-refractivity contribution < 1.29 is 14.1 Å². The highest BCUT2D eigenvalue weighted by molar-refractivity contribution is 7.16. The molecule has 1 aliphatic rings. The lowest BCUT2D eigenvalue weighted by Gasteiger charge is -2.17. The zero-order valence-electron chi connectivity index (χ0n) is 15.9. The summed E-state index contributed by atoms with van der Waals surface area (Å²) >= 11 is 1.49. The maximum absolute atomic E-state index is 12.8. The van der Waals surface area contributed by atoms with E-state index in [1.54, 1.807) is 11.8 Å². The van der Waals surface area contributed by atoms with Crippen LogP contribution in [0.5, 0.6) is 0 Å². The number of nitrogens with zero attached hydrogens (tertiary/aromatic N) is 3. The molecule has 3 aromatic rings. The van der Waals surface area contributed by atoms with Gasteiger partial charge in [0.1, 0.15) is 0 Å². The Morgan fingerprint density at radius 2 is 2.00 bits per heavy atom. The second-order valence-electron chi connectivity index (χ2n) is 6.95. The SMILES string of the molecule is Cc1ccc(N2C[C@H](C(=O)Nc3cc(-c4noc(C)n4)sc3C)CC2=O)cc1. The molecular weight excluding hydrogens is 376 g/mol. The number of hydrogen-bond donors (Lipinski definition) is 1. The second kappa shape index (κ2) is 7.20. The number of carbonyl (C=O) groups excluding carboxylic acids is 2. The molecule has 1 aromatic carbocycles. The van der Waals surface area contributed by atoms with Crippen LogP contribution in [-0.4, -0.2) is 28.5 Å². The van der Waals surface area contributed by atoms with Gasteiger partial charge in [0.15, 0.2) is 0 Å². The first-order valence-electron chi connectivity index (χ1n) is 8.99. The number of aromatic nitrogens is 2. The molecule has 1 fully saturated rings. The highest BCUT2D eigenvalue weighted by Crippen LogP contribution is 2.34. The van der Waals surface area contributed by atoms with E-state index in [4.69, 9.17) is 4.52 Å². The fraction of sp³-hybridized carbons (Fsp3) is 0.300. The summed E-state index contributed by atoms with van der Waals surface area (Å²) in [5, 5.41) is 6.87. The third kappa shape index (κ3) is 3.55. The van der Waals surface area contributed by atoms with Crippen molar-refractivity contribution >= 4 is 34.5 Å². The van der Waals surface area contributed by atoms with Crippen molar-refractivity contribution in [1.82, 2.24) is 10.1 Å². The van der Waals surface area contributed by atoms with Gasteiger partial charge in [-0.15, -0.1) is 11.3 Å². The molecule has 1 atom stereocenters. The van der Waals surface area contributed by atoms with Crippen LogP contribution in [0.3, 0.4) is 0 Å². The summed E-state index contributed by atoms with van der Waals surface area (Å²) in [6.45, 7) is 6.04. The predicted octanol–water partition coefficient (Wildman–Crippen LogP) is 3.71. The number of hydrogen-bond acceptors (Lipinski definition) is 6. The highest BCUT2D eigenvalue weighted by Gasteiger charge is 2.35. The molecular formula is C20H20N4O3S. The molecule has 3 heterocycles. The molecule has 0 saturated carbocycles. The van der Waals surface area contributed by atoms with Crippen LogP contribution in [0.25, 0.3) is 10.7 Å². The Morgan fingerprint density at radius 1 is 1.25 bits per heavy atom. The van der Waals surface area contributed by atoms with E-state index in [-0.39, 0.29) is 24.2 Å². The van der Waals surface area contributed by atoms with E-state index >= 15 is 0 Å². The predicted molar refractivity (Wildman–Crippen MR) is 107 cm³/mol. The van der Waals surface area contributed by atoms with Crippen LogP contribution >= 0.6 is 11.3 Å². The van der Waals surface area contributed by atoms with E-state index in [0.717, 1.165) is 21.0 Å². The van der Waals surface area contributed by atoms with E-state index in [1.165, 1.54) is 11.3 Å². The van der Waals surface area contributed by atoms with Crippen molar-refractivity contribution in [3.05, 3.63) is 46.7 Å². The first kappa shape index (κ1) is 18.4. The molecule has 144 valence electrons. The molecule has 1 aliphatic heterocycles. The van der Waals surface area contributed by atoms with Crippen molar-refractivity contribution in [2.24, 2.45) is 5.92 Å². The Labute approximate surface area is 166 Å². The molecule has 2 aromatic heterocycles. The van der Waals surface area contributed by atoms with Crippen LogP contribution in [0.2, 0.25) is 0 Å². The topological polar surface area (TPSA) is 88.3 Å². The van der Waals surface area contributed by atoms with Crippen molar-refractivity contribution in [1.29, 1.82) is 0 Å². The third-order valence-electron chi connectivity index (χ3n) is 4.77. The summed E-state index contributed by atoms with van der Waals surface area (Å²) in [6, 6.07) is 9.60. The summed E-state index contributed by atoms with van der Waals surface area (Å²) in [6.07, 6.45) is 0.208. The number of anilines is 2. The minimum absolute atomic E-state index is 0.0333. The maximum Gasteiger partial charge on any atom is 0.229 e. The van der Waals surface area contributed by atoms with Gasteiger partial charge in [-0.25, -0.2) is 0 Å². The van der Waals surface area contributed by atoms with Gasteiger partial charge < -0.3 is 14.7 Å². The molecule has 1 N–H and O–H groups in total. The van der Waals surface area contributed by atoms with Crippen molar-refractivity contribution in [3.63, 3.8) is 0 Å². The largest absolute Gasteiger partial charge is 0.339 e. The highest BCUT2D eigenvalue weighted by atomic mass is 32.1. The Morgan fingerprint density at radius 3 is 2.68 bits per heavy atom. The Balaban J connectivity index is 1.46. The van der Waals surface area contributed by atoms with Crippen molar-refractivity contribution in [3.8, 4) is 10.7 Å². The number of nitrogens with one attached hydrogen (secondary N) is 1. The smallest absolute Gasteiger partial charge is 0.229 e. The van der Waals surface area contributed by atoms with Gasteiger partial charge in [0.2, 0.25) is 23.5 Å². The molecule has 0 bridgehead atoms.